The minimum absolute atomic E-state index is 0.0725. The first kappa shape index (κ1) is 36.5. The Labute approximate surface area is 326 Å². The van der Waals surface area contributed by atoms with Crippen LogP contribution in [0.4, 0.5) is 17.1 Å². The van der Waals surface area contributed by atoms with Crippen LogP contribution in [0, 0.1) is 13.8 Å². The van der Waals surface area contributed by atoms with E-state index in [0.717, 1.165) is 52.7 Å². The molecule has 6 aromatic carbocycles. The quantitative estimate of drug-likeness (QED) is 0.0879. The van der Waals surface area contributed by atoms with E-state index in [9.17, 15) is 9.59 Å². The average Bonchev–Trinajstić information content (AvgIpc) is 3.41. The number of imide groups is 1. The van der Waals surface area contributed by atoms with Crippen molar-refractivity contribution in [1.82, 2.24) is 4.90 Å². The van der Waals surface area contributed by atoms with Crippen LogP contribution in [-0.4, -0.2) is 23.3 Å². The van der Waals surface area contributed by atoms with Gasteiger partial charge in [-0.1, -0.05) is 144 Å². The molecule has 0 saturated heterocycles. The molecule has 6 aromatic rings. The van der Waals surface area contributed by atoms with Crippen LogP contribution in [0.15, 0.2) is 115 Å². The van der Waals surface area contributed by atoms with Gasteiger partial charge in [-0.2, -0.15) is 0 Å². The predicted molar refractivity (Wildman–Crippen MR) is 229 cm³/mol. The van der Waals surface area contributed by atoms with Crippen molar-refractivity contribution in [2.24, 2.45) is 0 Å². The van der Waals surface area contributed by atoms with Gasteiger partial charge in [0.15, 0.2) is 0 Å². The summed E-state index contributed by atoms with van der Waals surface area (Å²) in [5, 5.41) is 1.64. The Hall–Kier alpha value is -5.48. The van der Waals surface area contributed by atoms with Crippen LogP contribution in [0.3, 0.4) is 0 Å². The van der Waals surface area contributed by atoms with E-state index in [4.69, 9.17) is 0 Å². The smallest absolute Gasteiger partial charge is 0.261 e. The number of nitrogens with zero attached hydrogens (tertiary/aromatic N) is 2. The molecule has 0 radical (unpaired) electrons. The van der Waals surface area contributed by atoms with Gasteiger partial charge in [0.25, 0.3) is 11.8 Å². The standard InChI is InChI=1S/C51H52N2O2/c1-6-7-8-9-10-11-12-13-31-52-49(54)43-16-14-15-42-47(30-29-44(48(42)43)50(52)55)53(38-23-17-34(2)18-24-38)39-25-20-36(21-26-39)37-22-28-41-40-27-19-35(3)32-45(40)51(4,5)46(41)33-37/h14-30,32-33H,6-13,31H2,1-5H3. The molecule has 4 nitrogen and oxygen atoms in total. The highest BCUT2D eigenvalue weighted by molar-refractivity contribution is 6.27. The fourth-order valence-electron chi connectivity index (χ4n) is 8.89. The van der Waals surface area contributed by atoms with Gasteiger partial charge >= 0.3 is 0 Å². The third-order valence-electron chi connectivity index (χ3n) is 12.0. The molecule has 0 fully saturated rings. The van der Waals surface area contributed by atoms with Crippen LogP contribution in [0.1, 0.15) is 115 Å². The number of fused-ring (bicyclic) bond motifs is 3. The van der Waals surface area contributed by atoms with Crippen molar-refractivity contribution in [2.45, 2.75) is 91.4 Å². The second-order valence-corrected chi connectivity index (χ2v) is 16.2. The maximum Gasteiger partial charge on any atom is 0.261 e. The van der Waals surface area contributed by atoms with Crippen LogP contribution < -0.4 is 4.90 Å². The lowest BCUT2D eigenvalue weighted by Crippen LogP contribution is -2.41. The van der Waals surface area contributed by atoms with Crippen molar-refractivity contribution in [3.63, 3.8) is 0 Å². The number of benzene rings is 6. The van der Waals surface area contributed by atoms with Gasteiger partial charge in [0.1, 0.15) is 0 Å². The number of unbranched alkanes of at least 4 members (excludes halogenated alkanes) is 7. The fraction of sp³-hybridized carbons (Fsp3) is 0.294. The molecule has 0 aromatic heterocycles. The van der Waals surface area contributed by atoms with Crippen molar-refractivity contribution >= 4 is 39.6 Å². The number of anilines is 3. The minimum Gasteiger partial charge on any atom is -0.310 e. The predicted octanol–water partition coefficient (Wildman–Crippen LogP) is 13.6. The van der Waals surface area contributed by atoms with Crippen molar-refractivity contribution in [2.75, 3.05) is 11.4 Å². The molecular formula is C51H52N2O2. The topological polar surface area (TPSA) is 40.6 Å². The fourth-order valence-corrected chi connectivity index (χ4v) is 8.89. The van der Waals surface area contributed by atoms with Crippen LogP contribution >= 0.6 is 0 Å². The van der Waals surface area contributed by atoms with Gasteiger partial charge in [-0.15, -0.1) is 0 Å². The molecule has 0 saturated carbocycles. The monoisotopic (exact) mass is 724 g/mol. The van der Waals surface area contributed by atoms with E-state index in [0.29, 0.717) is 17.7 Å². The molecule has 1 aliphatic carbocycles. The third-order valence-corrected chi connectivity index (χ3v) is 12.0. The lowest BCUT2D eigenvalue weighted by atomic mass is 9.81. The summed E-state index contributed by atoms with van der Waals surface area (Å²) in [7, 11) is 0. The van der Waals surface area contributed by atoms with E-state index in [2.05, 4.69) is 131 Å². The number of rotatable bonds is 13. The maximum atomic E-state index is 14.0. The molecule has 0 atom stereocenters. The van der Waals surface area contributed by atoms with Crippen LogP contribution in [0.2, 0.25) is 0 Å². The third kappa shape index (κ3) is 6.66. The molecule has 0 bridgehead atoms. The highest BCUT2D eigenvalue weighted by Crippen LogP contribution is 2.50. The highest BCUT2D eigenvalue weighted by atomic mass is 16.2. The molecule has 2 aliphatic rings. The molecule has 1 aliphatic heterocycles. The van der Waals surface area contributed by atoms with Crippen LogP contribution in [0.25, 0.3) is 33.0 Å². The number of carbonyl (C=O) groups is 2. The van der Waals surface area contributed by atoms with Crippen LogP contribution in [-0.2, 0) is 5.41 Å². The lowest BCUT2D eigenvalue weighted by molar-refractivity contribution is 0.0607. The van der Waals surface area contributed by atoms with E-state index in [1.807, 2.05) is 24.3 Å². The Morgan fingerprint density at radius 2 is 1.09 bits per heavy atom. The Kier molecular flexibility index (Phi) is 9.94. The van der Waals surface area contributed by atoms with Crippen LogP contribution in [0.5, 0.6) is 0 Å². The molecule has 0 N–H and O–H groups in total. The van der Waals surface area contributed by atoms with Gasteiger partial charge in [0.2, 0.25) is 0 Å². The summed E-state index contributed by atoms with van der Waals surface area (Å²) >= 11 is 0. The van der Waals surface area contributed by atoms with E-state index in [-0.39, 0.29) is 17.2 Å². The first-order chi connectivity index (χ1) is 26.7. The summed E-state index contributed by atoms with van der Waals surface area (Å²) in [6, 6.07) is 40.9. The van der Waals surface area contributed by atoms with E-state index in [1.54, 1.807) is 0 Å². The number of hydrogen-bond donors (Lipinski definition) is 0. The average molecular weight is 725 g/mol. The zero-order valence-corrected chi connectivity index (χ0v) is 33.0. The minimum atomic E-state index is -0.190. The number of aryl methyl sites for hydroxylation is 2. The number of carbonyl (C=O) groups excluding carboxylic acids is 2. The van der Waals surface area contributed by atoms with E-state index >= 15 is 0 Å². The van der Waals surface area contributed by atoms with Gasteiger partial charge in [-0.25, -0.2) is 0 Å². The Morgan fingerprint density at radius 1 is 0.545 bits per heavy atom. The maximum absolute atomic E-state index is 14.0. The summed E-state index contributed by atoms with van der Waals surface area (Å²) in [6.45, 7) is 11.6. The summed E-state index contributed by atoms with van der Waals surface area (Å²) in [4.78, 5) is 31.7. The highest BCUT2D eigenvalue weighted by Gasteiger charge is 2.36. The SMILES string of the molecule is CCCCCCCCCCN1C(=O)c2cccc3c(N(c4ccc(C)cc4)c4ccc(-c5ccc6c(c5)C(C)(C)c5cc(C)ccc5-6)cc4)ccc(c23)C1=O. The van der Waals surface area contributed by atoms with Crippen molar-refractivity contribution in [1.29, 1.82) is 0 Å². The lowest BCUT2D eigenvalue weighted by Gasteiger charge is -2.31. The van der Waals surface area contributed by atoms with E-state index < -0.39 is 0 Å². The Morgan fingerprint density at radius 3 is 1.78 bits per heavy atom. The van der Waals surface area contributed by atoms with Gasteiger partial charge in [-0.3, -0.25) is 14.5 Å². The van der Waals surface area contributed by atoms with Crippen molar-refractivity contribution < 1.29 is 9.59 Å². The zero-order valence-electron chi connectivity index (χ0n) is 33.0. The second-order valence-electron chi connectivity index (χ2n) is 16.2. The first-order valence-electron chi connectivity index (χ1n) is 20.3. The molecule has 55 heavy (non-hydrogen) atoms. The largest absolute Gasteiger partial charge is 0.310 e. The normalized spacial score (nSPS) is 14.0. The van der Waals surface area contributed by atoms with Gasteiger partial charge in [0, 0.05) is 45.2 Å². The first-order valence-corrected chi connectivity index (χ1v) is 20.3. The molecule has 278 valence electrons. The molecule has 0 unspecified atom stereocenters. The zero-order chi connectivity index (χ0) is 38.3. The second kappa shape index (κ2) is 15.0. The van der Waals surface area contributed by atoms with E-state index in [1.165, 1.54) is 75.9 Å². The number of hydrogen-bond acceptors (Lipinski definition) is 3. The molecule has 1 heterocycles. The van der Waals surface area contributed by atoms with Crippen molar-refractivity contribution in [3.05, 3.63) is 149 Å². The Bertz CT molecular complexity index is 2380. The molecule has 2 amide bonds. The molecule has 8 rings (SSSR count). The van der Waals surface area contributed by atoms with Crippen molar-refractivity contribution in [3.8, 4) is 22.3 Å². The number of amides is 2. The Balaban J connectivity index is 1.11. The summed E-state index contributed by atoms with van der Waals surface area (Å²) in [6.07, 6.45) is 9.32. The summed E-state index contributed by atoms with van der Waals surface area (Å²) < 4.78 is 0. The summed E-state index contributed by atoms with van der Waals surface area (Å²) in [5.41, 5.74) is 14.3. The summed E-state index contributed by atoms with van der Waals surface area (Å²) in [5.74, 6) is -0.379. The molecule has 0 spiro atoms. The molecule has 4 heteroatoms. The van der Waals surface area contributed by atoms with Gasteiger partial charge in [0.05, 0.1) is 5.69 Å². The van der Waals surface area contributed by atoms with Gasteiger partial charge in [-0.05, 0) is 102 Å². The molecular weight excluding hydrogens is 673 g/mol. The van der Waals surface area contributed by atoms with Gasteiger partial charge < -0.3 is 4.90 Å².